The first-order valence-electron chi connectivity index (χ1n) is 10.4. The Balaban J connectivity index is 1.43. The Morgan fingerprint density at radius 1 is 0.871 bits per heavy atom. The van der Waals surface area contributed by atoms with Gasteiger partial charge in [0.05, 0.1) is 32.5 Å². The summed E-state index contributed by atoms with van der Waals surface area (Å²) in [6.07, 6.45) is 0.275. The van der Waals surface area contributed by atoms with Crippen LogP contribution in [0.2, 0.25) is 0 Å². The molecule has 0 amide bonds. The fourth-order valence-corrected chi connectivity index (χ4v) is 4.06. The third-order valence-corrected chi connectivity index (χ3v) is 5.74. The van der Waals surface area contributed by atoms with E-state index >= 15 is 4.39 Å². The minimum absolute atomic E-state index is 0.121. The van der Waals surface area contributed by atoms with Crippen LogP contribution in [0.3, 0.4) is 0 Å². The van der Waals surface area contributed by atoms with E-state index in [-0.39, 0.29) is 24.3 Å². The van der Waals surface area contributed by atoms with Crippen molar-refractivity contribution in [3.8, 4) is 0 Å². The number of rotatable bonds is 9. The van der Waals surface area contributed by atoms with Crippen LogP contribution >= 0.6 is 0 Å². The van der Waals surface area contributed by atoms with Crippen molar-refractivity contribution >= 4 is 5.82 Å². The summed E-state index contributed by atoms with van der Waals surface area (Å²) in [4.78, 5) is 16.0. The van der Waals surface area contributed by atoms with Gasteiger partial charge in [-0.15, -0.1) is 0 Å². The van der Waals surface area contributed by atoms with E-state index in [2.05, 4.69) is 4.98 Å². The summed E-state index contributed by atoms with van der Waals surface area (Å²) in [6, 6.07) is 20.4. The maximum absolute atomic E-state index is 15.2. The van der Waals surface area contributed by atoms with Crippen molar-refractivity contribution in [2.24, 2.45) is 11.8 Å². The number of alkyl halides is 1. The highest BCUT2D eigenvalue weighted by Gasteiger charge is 2.52. The highest BCUT2D eigenvalue weighted by Crippen LogP contribution is 2.46. The topological polar surface area (TPSA) is 79.4 Å². The van der Waals surface area contributed by atoms with Gasteiger partial charge in [0.15, 0.2) is 0 Å². The molecule has 4 rings (SSSR count). The molecule has 1 aliphatic carbocycles. The molecule has 0 saturated heterocycles. The number of aromatic nitrogens is 2. The molecule has 6 nitrogen and oxygen atoms in total. The predicted octanol–water partition coefficient (Wildman–Crippen LogP) is 3.38. The molecule has 0 aliphatic heterocycles. The first-order valence-corrected chi connectivity index (χ1v) is 10.4. The van der Waals surface area contributed by atoms with E-state index in [1.54, 1.807) is 0 Å². The average molecular weight is 423 g/mol. The summed E-state index contributed by atoms with van der Waals surface area (Å²) in [5.41, 5.74) is 7.11. The highest BCUT2D eigenvalue weighted by atomic mass is 19.1. The predicted molar refractivity (Wildman–Crippen MR) is 116 cm³/mol. The number of hydrogen-bond acceptors (Lipinski definition) is 5. The number of nitrogens with two attached hydrogens (primary N) is 1. The number of ether oxygens (including phenoxy) is 2. The molecule has 31 heavy (non-hydrogen) atoms. The van der Waals surface area contributed by atoms with Gasteiger partial charge < -0.3 is 15.2 Å². The van der Waals surface area contributed by atoms with Gasteiger partial charge in [0.2, 0.25) is 0 Å². The van der Waals surface area contributed by atoms with Crippen molar-refractivity contribution in [1.29, 1.82) is 0 Å². The minimum atomic E-state index is -1.23. The maximum atomic E-state index is 15.2. The lowest BCUT2D eigenvalue weighted by Crippen LogP contribution is -2.55. The molecule has 2 N–H and O–H groups in total. The van der Waals surface area contributed by atoms with Crippen LogP contribution < -0.4 is 11.4 Å². The third kappa shape index (κ3) is 5.00. The maximum Gasteiger partial charge on any atom is 0.349 e. The van der Waals surface area contributed by atoms with Crippen LogP contribution in [0.15, 0.2) is 77.7 Å². The number of anilines is 1. The van der Waals surface area contributed by atoms with E-state index in [1.807, 2.05) is 60.7 Å². The molecular weight excluding hydrogens is 397 g/mol. The summed E-state index contributed by atoms with van der Waals surface area (Å²) < 4.78 is 28.2. The van der Waals surface area contributed by atoms with Crippen molar-refractivity contribution in [1.82, 2.24) is 9.55 Å². The van der Waals surface area contributed by atoms with Crippen LogP contribution in [-0.2, 0) is 22.7 Å². The van der Waals surface area contributed by atoms with E-state index in [9.17, 15) is 4.79 Å². The number of hydrogen-bond donors (Lipinski definition) is 1. The van der Waals surface area contributed by atoms with Gasteiger partial charge in [-0.2, -0.15) is 4.98 Å². The van der Waals surface area contributed by atoms with Gasteiger partial charge >= 0.3 is 5.69 Å². The first kappa shape index (κ1) is 21.2. The zero-order valence-corrected chi connectivity index (χ0v) is 17.1. The molecule has 1 heterocycles. The zero-order chi connectivity index (χ0) is 21.6. The summed E-state index contributed by atoms with van der Waals surface area (Å²) in [6.45, 7) is 1.41. The molecule has 0 unspecified atom stereocenters. The van der Waals surface area contributed by atoms with E-state index in [0.29, 0.717) is 19.8 Å². The Labute approximate surface area is 180 Å². The van der Waals surface area contributed by atoms with Gasteiger partial charge in [-0.05, 0) is 17.2 Å². The van der Waals surface area contributed by atoms with E-state index in [1.165, 1.54) is 16.8 Å². The lowest BCUT2D eigenvalue weighted by Gasteiger charge is -2.48. The molecule has 4 atom stereocenters. The Hall–Kier alpha value is -3.03. The number of nitrogen functional groups attached to an aromatic ring is 1. The van der Waals surface area contributed by atoms with Gasteiger partial charge in [0.25, 0.3) is 0 Å². The molecule has 7 heteroatoms. The smallest absolute Gasteiger partial charge is 0.349 e. The lowest BCUT2D eigenvalue weighted by molar-refractivity contribution is -0.116. The molecule has 3 aromatic rings. The van der Waals surface area contributed by atoms with Crippen molar-refractivity contribution < 1.29 is 13.9 Å². The largest absolute Gasteiger partial charge is 0.383 e. The molecule has 1 fully saturated rings. The van der Waals surface area contributed by atoms with E-state index in [0.717, 1.165) is 11.1 Å². The summed E-state index contributed by atoms with van der Waals surface area (Å²) in [5, 5.41) is 0. The van der Waals surface area contributed by atoms with Crippen molar-refractivity contribution in [2.45, 2.75) is 25.4 Å². The average Bonchev–Trinajstić information content (AvgIpc) is 2.79. The SMILES string of the molecule is Nc1ccn([C@@H]2[C@@H](F)[C@H](COCc3ccccc3)[C@H]2COCc2ccccc2)c(=O)n1. The summed E-state index contributed by atoms with van der Waals surface area (Å²) in [7, 11) is 0. The van der Waals surface area contributed by atoms with Crippen LogP contribution in [0, 0.1) is 11.8 Å². The Bertz CT molecular complexity index is 1030. The molecular formula is C24H26FN3O3. The molecule has 162 valence electrons. The van der Waals surface area contributed by atoms with Gasteiger partial charge in [0, 0.05) is 18.0 Å². The van der Waals surface area contributed by atoms with Gasteiger partial charge in [-0.25, -0.2) is 9.18 Å². The van der Waals surface area contributed by atoms with Crippen LogP contribution in [0.5, 0.6) is 0 Å². The number of halogens is 1. The number of nitrogens with zero attached hydrogens (tertiary/aromatic N) is 2. The Morgan fingerprint density at radius 3 is 1.97 bits per heavy atom. The van der Waals surface area contributed by atoms with Crippen LogP contribution in [0.1, 0.15) is 17.2 Å². The fraction of sp³-hybridized carbons (Fsp3) is 0.333. The molecule has 0 spiro atoms. The molecule has 2 aromatic carbocycles. The highest BCUT2D eigenvalue weighted by molar-refractivity contribution is 5.24. The normalized spacial score (nSPS) is 22.7. The standard InChI is InChI=1S/C24H26FN3O3/c25-22-19(15-30-13-17-7-3-1-4-8-17)20(16-31-14-18-9-5-2-6-10-18)23(22)28-12-11-21(26)27-24(28)29/h1-12,19-20,22-23H,13-16H2,(H2,26,27,29)/t19-,20-,22+,23+/m1/s1. The second-order valence-corrected chi connectivity index (χ2v) is 7.81. The Kier molecular flexibility index (Phi) is 6.74. The second kappa shape index (κ2) is 9.85. The van der Waals surface area contributed by atoms with Gasteiger partial charge in [0.1, 0.15) is 12.0 Å². The Morgan fingerprint density at radius 2 is 1.42 bits per heavy atom. The molecule has 1 aliphatic rings. The third-order valence-electron chi connectivity index (χ3n) is 5.74. The van der Waals surface area contributed by atoms with Gasteiger partial charge in [-0.1, -0.05) is 60.7 Å². The minimum Gasteiger partial charge on any atom is -0.383 e. The van der Waals surface area contributed by atoms with Gasteiger partial charge in [-0.3, -0.25) is 4.57 Å². The van der Waals surface area contributed by atoms with E-state index in [4.69, 9.17) is 15.2 Å². The van der Waals surface area contributed by atoms with E-state index < -0.39 is 17.9 Å². The second-order valence-electron chi connectivity index (χ2n) is 7.81. The van der Waals surface area contributed by atoms with Crippen LogP contribution in [0.4, 0.5) is 10.2 Å². The van der Waals surface area contributed by atoms with Crippen LogP contribution in [0.25, 0.3) is 0 Å². The molecule has 1 saturated carbocycles. The first-order chi connectivity index (χ1) is 15.1. The molecule has 0 radical (unpaired) electrons. The van der Waals surface area contributed by atoms with Crippen molar-refractivity contribution in [3.63, 3.8) is 0 Å². The quantitative estimate of drug-likeness (QED) is 0.571. The van der Waals surface area contributed by atoms with Crippen molar-refractivity contribution in [2.75, 3.05) is 18.9 Å². The number of benzene rings is 2. The summed E-state index contributed by atoms with van der Waals surface area (Å²) in [5.74, 6) is -0.456. The van der Waals surface area contributed by atoms with Crippen molar-refractivity contribution in [3.05, 3.63) is 94.5 Å². The molecule has 1 aromatic heterocycles. The summed E-state index contributed by atoms with van der Waals surface area (Å²) >= 11 is 0. The zero-order valence-electron chi connectivity index (χ0n) is 17.1. The van der Waals surface area contributed by atoms with Crippen LogP contribution in [-0.4, -0.2) is 28.9 Å². The fourth-order valence-electron chi connectivity index (χ4n) is 4.06. The monoisotopic (exact) mass is 423 g/mol. The molecule has 0 bridgehead atoms. The lowest BCUT2D eigenvalue weighted by atomic mass is 9.68.